The molecular formula is C14H21NO2. The summed E-state index contributed by atoms with van der Waals surface area (Å²) in [7, 11) is 0. The van der Waals surface area contributed by atoms with Gasteiger partial charge in [0.2, 0.25) is 0 Å². The van der Waals surface area contributed by atoms with Gasteiger partial charge < -0.3 is 14.5 Å². The number of hydrogen-bond donors (Lipinski definition) is 1. The van der Waals surface area contributed by atoms with E-state index in [1.807, 2.05) is 6.26 Å². The molecule has 2 heterocycles. The molecule has 1 aliphatic heterocycles. The Labute approximate surface area is 103 Å². The van der Waals surface area contributed by atoms with E-state index in [0.29, 0.717) is 18.1 Å². The van der Waals surface area contributed by atoms with Crippen LogP contribution >= 0.6 is 0 Å². The van der Waals surface area contributed by atoms with Crippen LogP contribution in [0.5, 0.6) is 0 Å². The largest absolute Gasteiger partial charge is 0.469 e. The summed E-state index contributed by atoms with van der Waals surface area (Å²) < 4.78 is 11.1. The summed E-state index contributed by atoms with van der Waals surface area (Å²) in [5.74, 6) is 1.86. The summed E-state index contributed by atoms with van der Waals surface area (Å²) in [4.78, 5) is 0. The minimum Gasteiger partial charge on any atom is -0.469 e. The van der Waals surface area contributed by atoms with Crippen LogP contribution in [-0.4, -0.2) is 19.3 Å². The van der Waals surface area contributed by atoms with Crippen molar-refractivity contribution in [2.45, 2.75) is 44.8 Å². The molecule has 3 unspecified atom stereocenters. The van der Waals surface area contributed by atoms with E-state index in [2.05, 4.69) is 18.3 Å². The fourth-order valence-electron chi connectivity index (χ4n) is 3.04. The van der Waals surface area contributed by atoms with Crippen LogP contribution in [0.15, 0.2) is 16.7 Å². The lowest BCUT2D eigenvalue weighted by Gasteiger charge is -2.25. The van der Waals surface area contributed by atoms with Crippen molar-refractivity contribution < 1.29 is 9.15 Å². The Morgan fingerprint density at radius 3 is 3.18 bits per heavy atom. The summed E-state index contributed by atoms with van der Waals surface area (Å²) in [6.07, 6.45) is 6.99. The zero-order chi connectivity index (χ0) is 11.7. The molecule has 0 spiro atoms. The van der Waals surface area contributed by atoms with Gasteiger partial charge in [0.25, 0.3) is 0 Å². The van der Waals surface area contributed by atoms with Crippen LogP contribution in [-0.2, 0) is 11.2 Å². The Bertz CT molecular complexity index is 374. The second-order valence-electron chi connectivity index (χ2n) is 5.28. The summed E-state index contributed by atoms with van der Waals surface area (Å²) in [5, 5.41) is 3.70. The molecule has 0 bridgehead atoms. The molecule has 1 aromatic rings. The average Bonchev–Trinajstić information content (AvgIpc) is 2.95. The summed E-state index contributed by atoms with van der Waals surface area (Å²) in [6, 6.07) is 2.62. The Morgan fingerprint density at radius 2 is 2.35 bits per heavy atom. The second kappa shape index (κ2) is 4.83. The molecule has 1 fully saturated rings. The van der Waals surface area contributed by atoms with Gasteiger partial charge in [-0.1, -0.05) is 0 Å². The first-order chi connectivity index (χ1) is 8.34. The predicted octanol–water partition coefficient (Wildman–Crippen LogP) is 2.67. The van der Waals surface area contributed by atoms with Gasteiger partial charge >= 0.3 is 0 Å². The number of nitrogens with one attached hydrogen (secondary N) is 1. The van der Waals surface area contributed by atoms with E-state index in [9.17, 15) is 0 Å². The third-order valence-electron chi connectivity index (χ3n) is 4.21. The molecule has 3 rings (SSSR count). The van der Waals surface area contributed by atoms with Crippen molar-refractivity contribution >= 4 is 0 Å². The number of ether oxygens (including phenoxy) is 1. The summed E-state index contributed by atoms with van der Waals surface area (Å²) in [5.41, 5.74) is 1.38. The highest BCUT2D eigenvalue weighted by molar-refractivity contribution is 5.24. The molecule has 0 aromatic carbocycles. The normalized spacial score (nSPS) is 32.6. The monoisotopic (exact) mass is 235 g/mol. The fraction of sp³-hybridized carbons (Fsp3) is 0.714. The van der Waals surface area contributed by atoms with Gasteiger partial charge in [-0.25, -0.2) is 0 Å². The van der Waals surface area contributed by atoms with Gasteiger partial charge in [0.1, 0.15) is 5.76 Å². The van der Waals surface area contributed by atoms with E-state index in [1.165, 1.54) is 30.6 Å². The lowest BCUT2D eigenvalue weighted by atomic mass is 9.92. The van der Waals surface area contributed by atoms with Crippen LogP contribution in [0.1, 0.15) is 43.6 Å². The second-order valence-corrected chi connectivity index (χ2v) is 5.28. The molecule has 1 saturated heterocycles. The molecule has 1 aromatic heterocycles. The molecule has 3 atom stereocenters. The van der Waals surface area contributed by atoms with Crippen molar-refractivity contribution in [3.63, 3.8) is 0 Å². The molecule has 1 aliphatic carbocycles. The summed E-state index contributed by atoms with van der Waals surface area (Å²) in [6.45, 7) is 4.18. The number of aryl methyl sites for hydroxylation is 1. The third-order valence-corrected chi connectivity index (χ3v) is 4.21. The maximum Gasteiger partial charge on any atom is 0.108 e. The van der Waals surface area contributed by atoms with E-state index in [1.54, 1.807) is 0 Å². The lowest BCUT2D eigenvalue weighted by Crippen LogP contribution is -2.31. The van der Waals surface area contributed by atoms with Crippen LogP contribution in [0, 0.1) is 5.92 Å². The molecule has 3 nitrogen and oxygen atoms in total. The first-order valence-electron chi connectivity index (χ1n) is 6.76. The molecule has 0 radical (unpaired) electrons. The summed E-state index contributed by atoms with van der Waals surface area (Å²) >= 11 is 0. The number of rotatable bonds is 3. The minimum absolute atomic E-state index is 0.412. The average molecular weight is 235 g/mol. The van der Waals surface area contributed by atoms with E-state index < -0.39 is 0 Å². The van der Waals surface area contributed by atoms with E-state index in [0.717, 1.165) is 19.6 Å². The van der Waals surface area contributed by atoms with Crippen molar-refractivity contribution in [3.8, 4) is 0 Å². The quantitative estimate of drug-likeness (QED) is 0.874. The smallest absolute Gasteiger partial charge is 0.108 e. The maximum atomic E-state index is 5.60. The van der Waals surface area contributed by atoms with E-state index >= 15 is 0 Å². The first-order valence-corrected chi connectivity index (χ1v) is 6.76. The topological polar surface area (TPSA) is 34.4 Å². The Morgan fingerprint density at radius 1 is 1.41 bits per heavy atom. The van der Waals surface area contributed by atoms with Crippen LogP contribution in [0.3, 0.4) is 0 Å². The van der Waals surface area contributed by atoms with Crippen molar-refractivity contribution in [3.05, 3.63) is 23.7 Å². The van der Waals surface area contributed by atoms with Crippen molar-refractivity contribution in [1.29, 1.82) is 0 Å². The zero-order valence-corrected chi connectivity index (χ0v) is 10.4. The van der Waals surface area contributed by atoms with Gasteiger partial charge in [-0.15, -0.1) is 0 Å². The van der Waals surface area contributed by atoms with E-state index in [4.69, 9.17) is 9.15 Å². The van der Waals surface area contributed by atoms with Crippen LogP contribution in [0.25, 0.3) is 0 Å². The molecule has 94 valence electrons. The highest BCUT2D eigenvalue weighted by Gasteiger charge is 2.27. The highest BCUT2D eigenvalue weighted by atomic mass is 16.5. The molecule has 1 N–H and O–H groups in total. The van der Waals surface area contributed by atoms with Gasteiger partial charge in [0.15, 0.2) is 0 Å². The Hall–Kier alpha value is -0.800. The van der Waals surface area contributed by atoms with Crippen molar-refractivity contribution in [1.82, 2.24) is 5.32 Å². The van der Waals surface area contributed by atoms with Gasteiger partial charge in [-0.3, -0.25) is 0 Å². The minimum atomic E-state index is 0.412. The standard InChI is InChI=1S/C14H21NO2/c1-10-11(5-7-16-10)9-15-13-3-2-4-14-12(13)6-8-17-14/h6,8,10-11,13,15H,2-5,7,9H2,1H3. The maximum absolute atomic E-state index is 5.60. The number of hydrogen-bond acceptors (Lipinski definition) is 3. The number of fused-ring (bicyclic) bond motifs is 1. The van der Waals surface area contributed by atoms with Gasteiger partial charge in [-0.05, 0) is 38.2 Å². The van der Waals surface area contributed by atoms with Crippen LogP contribution in [0.4, 0.5) is 0 Å². The first kappa shape index (κ1) is 11.3. The highest BCUT2D eigenvalue weighted by Crippen LogP contribution is 2.31. The molecule has 2 aliphatic rings. The molecule has 17 heavy (non-hydrogen) atoms. The van der Waals surface area contributed by atoms with Crippen LogP contribution < -0.4 is 5.32 Å². The van der Waals surface area contributed by atoms with E-state index in [-0.39, 0.29) is 0 Å². The predicted molar refractivity (Wildman–Crippen MR) is 65.9 cm³/mol. The third kappa shape index (κ3) is 2.26. The van der Waals surface area contributed by atoms with Crippen molar-refractivity contribution in [2.24, 2.45) is 5.92 Å². The lowest BCUT2D eigenvalue weighted by molar-refractivity contribution is 0.104. The molecule has 0 saturated carbocycles. The van der Waals surface area contributed by atoms with Gasteiger partial charge in [-0.2, -0.15) is 0 Å². The molecule has 3 heteroatoms. The SMILES string of the molecule is CC1OCCC1CNC1CCCc2occc21. The fourth-order valence-corrected chi connectivity index (χ4v) is 3.04. The van der Waals surface area contributed by atoms with Crippen LogP contribution in [0.2, 0.25) is 0 Å². The molecule has 0 amide bonds. The number of furan rings is 1. The molecular weight excluding hydrogens is 214 g/mol. The Kier molecular flexibility index (Phi) is 3.21. The Balaban J connectivity index is 1.60. The van der Waals surface area contributed by atoms with Crippen molar-refractivity contribution in [2.75, 3.05) is 13.2 Å². The van der Waals surface area contributed by atoms with Gasteiger partial charge in [0, 0.05) is 31.2 Å². The zero-order valence-electron chi connectivity index (χ0n) is 10.4. The van der Waals surface area contributed by atoms with Gasteiger partial charge in [0.05, 0.1) is 12.4 Å².